The Hall–Kier alpha value is -7.91. The van der Waals surface area contributed by atoms with Gasteiger partial charge in [-0.3, -0.25) is 19.7 Å². The minimum Gasteiger partial charge on any atom is -0.486 e. The van der Waals surface area contributed by atoms with E-state index < -0.39 is 30.1 Å². The molecule has 1 saturated carbocycles. The number of amides is 2. The average molecular weight is 1100 g/mol. The number of pyridine rings is 1. The van der Waals surface area contributed by atoms with Crippen LogP contribution >= 0.6 is 0 Å². The quantitative estimate of drug-likeness (QED) is 0.0523. The van der Waals surface area contributed by atoms with Crippen LogP contribution in [0, 0.1) is 25.6 Å². The number of piperazine rings is 1. The number of likely N-dealkylation sites (tertiary alicyclic amines) is 1. The topological polar surface area (TPSA) is 231 Å². The van der Waals surface area contributed by atoms with E-state index in [-0.39, 0.29) is 74.5 Å². The third kappa shape index (κ3) is 10.5. The number of hydrogen-bond acceptors (Lipinski definition) is 15. The number of halogens is 1. The molecule has 81 heavy (non-hydrogen) atoms. The van der Waals surface area contributed by atoms with Gasteiger partial charge < -0.3 is 44.9 Å². The van der Waals surface area contributed by atoms with Gasteiger partial charge in [0.2, 0.25) is 11.8 Å². The van der Waals surface area contributed by atoms with Gasteiger partial charge in [0, 0.05) is 85.1 Å². The molecule has 0 unspecified atom stereocenters. The summed E-state index contributed by atoms with van der Waals surface area (Å²) in [4.78, 5) is 46.9. The minimum absolute atomic E-state index is 0.0391. The SMILES string of the molecule is CO[C@@H](C)COc1nc(N2C[C@@H]3C[C@H]2CN3)c2cc(C3CC3)c(-c3c(C)c(F)cc4[nH]ncc34)c(OCc3ccc(-c4cn([C@H](C(=O)N5C[C@H](O)C[C@H]5C(=O)N[C@@H](CO)c5ccc(-c6ccncc6C)cc5)C(C)C)nn4)cc3)c2n1. The molecule has 4 aliphatic rings. The first-order chi connectivity index (χ1) is 39.2. The number of hydrogen-bond donors (Lipinski definition) is 5. The van der Waals surface area contributed by atoms with E-state index in [1.165, 1.54) is 15.6 Å². The number of ether oxygens (including phenoxy) is 3. The zero-order chi connectivity index (χ0) is 56.2. The maximum atomic E-state index is 16.1. The number of aliphatic hydroxyl groups excluding tert-OH is 2. The summed E-state index contributed by atoms with van der Waals surface area (Å²) < 4.78 is 36.6. The number of nitrogens with one attached hydrogen (secondary N) is 3. The monoisotopic (exact) mass is 1100 g/mol. The molecule has 0 spiro atoms. The molecule has 4 aromatic carbocycles. The molecule has 4 aromatic heterocycles. The molecular formula is C61H67FN12O7. The van der Waals surface area contributed by atoms with Gasteiger partial charge in [0.05, 0.1) is 42.8 Å². The fraction of sp³-hybridized carbons (Fsp3) is 0.410. The molecule has 8 aromatic rings. The third-order valence-corrected chi connectivity index (χ3v) is 16.6. The predicted molar refractivity (Wildman–Crippen MR) is 303 cm³/mol. The lowest BCUT2D eigenvalue weighted by molar-refractivity contribution is -0.142. The first-order valence-electron chi connectivity index (χ1n) is 28.0. The highest BCUT2D eigenvalue weighted by Crippen LogP contribution is 2.53. The summed E-state index contributed by atoms with van der Waals surface area (Å²) in [5.41, 5.74) is 9.93. The number of H-pyrrole nitrogens is 1. The molecule has 3 aliphatic heterocycles. The molecule has 19 nitrogen and oxygen atoms in total. The molecule has 7 heterocycles. The van der Waals surface area contributed by atoms with E-state index in [4.69, 9.17) is 24.2 Å². The Morgan fingerprint density at radius 3 is 2.42 bits per heavy atom. The Labute approximate surface area is 468 Å². The fourth-order valence-electron chi connectivity index (χ4n) is 12.0. The van der Waals surface area contributed by atoms with Crippen LogP contribution in [-0.4, -0.2) is 137 Å². The molecule has 2 amide bonds. The molecule has 3 saturated heterocycles. The second-order valence-electron chi connectivity index (χ2n) is 22.6. The number of aromatic nitrogens is 8. The fourth-order valence-corrected chi connectivity index (χ4v) is 12.0. The lowest BCUT2D eigenvalue weighted by Gasteiger charge is -2.30. The van der Waals surface area contributed by atoms with Crippen molar-refractivity contribution in [3.8, 4) is 45.3 Å². The molecule has 20 heteroatoms. The van der Waals surface area contributed by atoms with Crippen molar-refractivity contribution in [2.75, 3.05) is 44.9 Å². The second kappa shape index (κ2) is 22.2. The number of anilines is 1. The molecule has 420 valence electrons. The van der Waals surface area contributed by atoms with Crippen molar-refractivity contribution < 1.29 is 38.4 Å². The van der Waals surface area contributed by atoms with E-state index in [1.54, 1.807) is 38.8 Å². The number of rotatable bonds is 19. The zero-order valence-electron chi connectivity index (χ0n) is 46.3. The number of carbonyl (C=O) groups excluding carboxylic acids is 2. The van der Waals surface area contributed by atoms with Crippen molar-refractivity contribution >= 4 is 39.4 Å². The van der Waals surface area contributed by atoms with Crippen LogP contribution in [-0.2, 0) is 20.9 Å². The summed E-state index contributed by atoms with van der Waals surface area (Å²) >= 11 is 0. The smallest absolute Gasteiger partial charge is 0.319 e. The molecule has 5 N–H and O–H groups in total. The summed E-state index contributed by atoms with van der Waals surface area (Å²) in [5.74, 6) is -0.0106. The number of aromatic amines is 1. The Bertz CT molecular complexity index is 3640. The van der Waals surface area contributed by atoms with Gasteiger partial charge in [-0.1, -0.05) is 67.6 Å². The van der Waals surface area contributed by atoms with Crippen LogP contribution < -0.4 is 25.0 Å². The first kappa shape index (κ1) is 53.7. The van der Waals surface area contributed by atoms with Crippen LogP contribution in [0.2, 0.25) is 0 Å². The Morgan fingerprint density at radius 2 is 1.72 bits per heavy atom. The molecule has 2 bridgehead atoms. The third-order valence-electron chi connectivity index (χ3n) is 16.6. The summed E-state index contributed by atoms with van der Waals surface area (Å²) in [6.07, 6.45) is 8.84. The highest BCUT2D eigenvalue weighted by molar-refractivity contribution is 6.06. The van der Waals surface area contributed by atoms with E-state index in [1.807, 2.05) is 82.3 Å². The highest BCUT2D eigenvalue weighted by atomic mass is 19.1. The van der Waals surface area contributed by atoms with E-state index in [0.29, 0.717) is 45.2 Å². The first-order valence-corrected chi connectivity index (χ1v) is 28.0. The van der Waals surface area contributed by atoms with Crippen LogP contribution in [0.15, 0.2) is 91.5 Å². The lowest BCUT2D eigenvalue weighted by atomic mass is 9.88. The second-order valence-corrected chi connectivity index (χ2v) is 22.6. The molecule has 12 rings (SSSR count). The van der Waals surface area contributed by atoms with Crippen LogP contribution in [0.4, 0.5) is 10.2 Å². The number of methoxy groups -OCH3 is 1. The van der Waals surface area contributed by atoms with Crippen molar-refractivity contribution in [1.29, 1.82) is 0 Å². The van der Waals surface area contributed by atoms with Gasteiger partial charge in [-0.2, -0.15) is 15.1 Å². The molecule has 4 fully saturated rings. The molecule has 0 radical (unpaired) electrons. The summed E-state index contributed by atoms with van der Waals surface area (Å²) in [7, 11) is 1.64. The standard InChI is InChI=1S/C61H67FN12O7/c1-32(2)56(60(78)73-27-43(76)20-52(73)59(77)66-51(29-75)40-15-13-37(14-16-40)44-17-18-63-23-33(44)3)74-28-50(70-71-74)39-9-7-36(8-10-39)31-80-57-54(53-35(5)48(62)22-49-47(53)25-65-69-49)45(38-11-12-38)21-46-55(57)67-61(81-30-34(4)79-6)68-58(46)72-26-41-19-42(72)24-64-41/h7-10,13-18,21-23,25,28,32,34,38,41-43,51-52,56,64,75-76H,11-12,19-20,24,26-27,29-31H2,1-6H3,(H,65,69)(H,66,77)/t34-,41-,42-,43+,51-,52-,56-/m0/s1. The number of aryl methyl sites for hydroxylation is 1. The van der Waals surface area contributed by atoms with E-state index in [2.05, 4.69) is 47.1 Å². The van der Waals surface area contributed by atoms with Crippen LogP contribution in [0.5, 0.6) is 11.8 Å². The number of carbonyl (C=O) groups is 2. The predicted octanol–water partition coefficient (Wildman–Crippen LogP) is 7.68. The van der Waals surface area contributed by atoms with Crippen LogP contribution in [0.3, 0.4) is 0 Å². The summed E-state index contributed by atoms with van der Waals surface area (Å²) in [6.45, 7) is 11.1. The van der Waals surface area contributed by atoms with Gasteiger partial charge >= 0.3 is 6.01 Å². The van der Waals surface area contributed by atoms with Gasteiger partial charge in [-0.15, -0.1) is 5.10 Å². The Kier molecular flexibility index (Phi) is 14.7. The van der Waals surface area contributed by atoms with Gasteiger partial charge in [-0.05, 0) is 109 Å². The van der Waals surface area contributed by atoms with Crippen molar-refractivity contribution in [1.82, 2.24) is 55.7 Å². The van der Waals surface area contributed by atoms with E-state index in [0.717, 1.165) is 87.9 Å². The highest BCUT2D eigenvalue weighted by Gasteiger charge is 2.44. The van der Waals surface area contributed by atoms with Gasteiger partial charge in [0.25, 0.3) is 0 Å². The van der Waals surface area contributed by atoms with Crippen molar-refractivity contribution in [3.63, 3.8) is 0 Å². The maximum Gasteiger partial charge on any atom is 0.319 e. The normalized spacial score (nSPS) is 19.9. The molecule has 1 aliphatic carbocycles. The molecular weight excluding hydrogens is 1030 g/mol. The van der Waals surface area contributed by atoms with E-state index >= 15 is 4.39 Å². The summed E-state index contributed by atoms with van der Waals surface area (Å²) in [5, 5.41) is 45.9. The Morgan fingerprint density at radius 1 is 0.926 bits per heavy atom. The van der Waals surface area contributed by atoms with Crippen LogP contribution in [0.25, 0.3) is 55.3 Å². The van der Waals surface area contributed by atoms with E-state index in [9.17, 15) is 19.8 Å². The van der Waals surface area contributed by atoms with Gasteiger partial charge in [0.15, 0.2) is 5.75 Å². The van der Waals surface area contributed by atoms with Gasteiger partial charge in [-0.25, -0.2) is 9.07 Å². The van der Waals surface area contributed by atoms with Gasteiger partial charge in [0.1, 0.15) is 48.1 Å². The zero-order valence-corrected chi connectivity index (χ0v) is 46.3. The number of aliphatic hydroxyl groups is 2. The van der Waals surface area contributed by atoms with Crippen molar-refractivity contribution in [2.24, 2.45) is 5.92 Å². The number of nitrogens with zero attached hydrogens (tertiary/aromatic N) is 9. The molecule has 7 atom stereocenters. The minimum atomic E-state index is -0.985. The number of fused-ring (bicyclic) bond motifs is 4. The maximum absolute atomic E-state index is 16.1. The Balaban J connectivity index is 0.820. The summed E-state index contributed by atoms with van der Waals surface area (Å²) in [6, 6.07) is 19.2. The van der Waals surface area contributed by atoms with Crippen molar-refractivity contribution in [2.45, 2.75) is 115 Å². The number of benzene rings is 4. The van der Waals surface area contributed by atoms with Crippen LogP contribution in [0.1, 0.15) is 92.3 Å². The number of β-amino-alcohol motifs (C(OH)–C–C–N with tert-alkyl or cyclic N) is 1. The van der Waals surface area contributed by atoms with Crippen molar-refractivity contribution in [3.05, 3.63) is 125 Å². The lowest BCUT2D eigenvalue weighted by Crippen LogP contribution is -2.50. The largest absolute Gasteiger partial charge is 0.486 e. The average Bonchev–Trinajstić information content (AvgIpc) is 4.07.